The van der Waals surface area contributed by atoms with Gasteiger partial charge in [-0.2, -0.15) is 0 Å². The van der Waals surface area contributed by atoms with Crippen molar-refractivity contribution in [2.24, 2.45) is 0 Å². The van der Waals surface area contributed by atoms with Gasteiger partial charge in [-0.25, -0.2) is 0 Å². The number of benzene rings is 2. The van der Waals surface area contributed by atoms with Gasteiger partial charge in [0.25, 0.3) is 0 Å². The van der Waals surface area contributed by atoms with E-state index in [1.165, 1.54) is 21.5 Å². The van der Waals surface area contributed by atoms with E-state index < -0.39 is 10.2 Å². The van der Waals surface area contributed by atoms with Crippen LogP contribution >= 0.6 is 11.3 Å². The van der Waals surface area contributed by atoms with Crippen molar-refractivity contribution in [1.29, 1.82) is 0 Å². The zero-order chi connectivity index (χ0) is 13.9. The molecule has 1 aromatic heterocycles. The fourth-order valence-corrected chi connectivity index (χ4v) is 2.47. The van der Waals surface area contributed by atoms with Gasteiger partial charge < -0.3 is 0 Å². The number of hydrogen-bond acceptors (Lipinski definition) is 4. The average molecular weight is 300 g/mol. The molecule has 2 aromatic carbocycles. The molecular weight excluding hydrogens is 288 g/mol. The summed E-state index contributed by atoms with van der Waals surface area (Å²) in [5.74, 6) is 0. The van der Waals surface area contributed by atoms with Crippen molar-refractivity contribution in [3.8, 4) is 0 Å². The number of rotatable bonds is 0. The predicted octanol–water partition coefficient (Wildman–Crippen LogP) is 1.48. The minimum absolute atomic E-state index is 1.32. The van der Waals surface area contributed by atoms with Crippen LogP contribution in [0.5, 0.6) is 0 Å². The summed E-state index contributed by atoms with van der Waals surface area (Å²) in [4.78, 5) is 0. The first kappa shape index (κ1) is 14.1. The molecule has 0 saturated heterocycles. The summed E-state index contributed by atoms with van der Waals surface area (Å²) in [6.07, 6.45) is 0. The van der Waals surface area contributed by atoms with E-state index in [2.05, 4.69) is 53.2 Å². The second-order valence-electron chi connectivity index (χ2n) is 3.78. The Morgan fingerprint density at radius 2 is 1.42 bits per heavy atom. The monoisotopic (exact) mass is 299 g/mol. The van der Waals surface area contributed by atoms with Crippen molar-refractivity contribution in [2.75, 3.05) is 0 Å². The Bertz CT molecular complexity index is 636. The third kappa shape index (κ3) is 4.07. The van der Waals surface area contributed by atoms with Crippen molar-refractivity contribution in [1.82, 2.24) is 0 Å². The summed E-state index contributed by atoms with van der Waals surface area (Å²) in [6.45, 7) is 0. The van der Waals surface area contributed by atoms with Gasteiger partial charge in [-0.15, -0.1) is 0 Å². The first-order valence-corrected chi connectivity index (χ1v) is 7.55. The van der Waals surface area contributed by atoms with Crippen molar-refractivity contribution in [2.45, 2.75) is 0 Å². The molecule has 1 heterocycles. The van der Waals surface area contributed by atoms with Crippen LogP contribution in [0.1, 0.15) is 0 Å². The van der Waals surface area contributed by atoms with Crippen molar-refractivity contribution in [3.63, 3.8) is 0 Å². The predicted molar refractivity (Wildman–Crippen MR) is 70.4 cm³/mol. The number of fused-ring (bicyclic) bond motifs is 3. The summed E-state index contributed by atoms with van der Waals surface area (Å²) in [5, 5.41) is 9.67. The Kier molecular flexibility index (Phi) is 4.26. The average Bonchev–Trinajstić information content (AvgIpc) is 2.37. The van der Waals surface area contributed by atoms with Crippen LogP contribution in [-0.2, 0) is 0 Å². The van der Waals surface area contributed by atoms with E-state index in [4.69, 9.17) is 18.6 Å². The number of halogens is 1. The molecule has 0 amide bonds. The molecule has 3 rings (SSSR count). The Morgan fingerprint density at radius 3 is 2.16 bits per heavy atom. The third-order valence-corrected chi connectivity index (χ3v) is 3.20. The van der Waals surface area contributed by atoms with Crippen molar-refractivity contribution in [3.05, 3.63) is 53.2 Å². The van der Waals surface area contributed by atoms with E-state index in [9.17, 15) is 0 Å². The van der Waals surface area contributed by atoms with Gasteiger partial charge in [0, 0.05) is 11.5 Å². The molecule has 0 saturated carbocycles. The fourth-order valence-electron chi connectivity index (χ4n) is 1.82. The zero-order valence-electron chi connectivity index (χ0n) is 9.73. The molecule has 0 unspecified atom stereocenters. The summed E-state index contributed by atoms with van der Waals surface area (Å²) < 4.78 is 30.2. The largest absolute Gasteiger partial charge is 0.212 e. The maximum absolute atomic E-state index is 8.83. The Balaban J connectivity index is 0.000000232. The molecule has 6 heteroatoms. The standard InChI is InChI=1S/C13H9S.ClH3O4/c1-2-4-12-10(3-1)5-6-11-9-14-8-7-13(11)12;2-1(3,4)5/h1-9H;2-4H/q+1;. The Hall–Kier alpha value is -1.34. The van der Waals surface area contributed by atoms with Gasteiger partial charge in [-0.3, -0.25) is 0 Å². The van der Waals surface area contributed by atoms with E-state index in [1.807, 2.05) is 0 Å². The van der Waals surface area contributed by atoms with Gasteiger partial charge in [-0.05, 0) is 22.2 Å². The molecule has 4 nitrogen and oxygen atoms in total. The minimum atomic E-state index is -4.19. The van der Waals surface area contributed by atoms with E-state index in [0.717, 1.165) is 0 Å². The quantitative estimate of drug-likeness (QED) is 0.434. The van der Waals surface area contributed by atoms with E-state index in [-0.39, 0.29) is 0 Å². The summed E-state index contributed by atoms with van der Waals surface area (Å²) in [5.41, 5.74) is 0. The maximum atomic E-state index is 8.83. The molecule has 0 radical (unpaired) electrons. The van der Waals surface area contributed by atoms with Crippen LogP contribution in [0.25, 0.3) is 21.5 Å². The Labute approximate surface area is 115 Å². The van der Waals surface area contributed by atoms with Gasteiger partial charge >= 0.3 is 28.9 Å². The molecule has 0 bridgehead atoms. The van der Waals surface area contributed by atoms with Crippen LogP contribution in [0.3, 0.4) is 0 Å². The smallest absolute Gasteiger partial charge is 0.0616 e. The van der Waals surface area contributed by atoms with Crippen LogP contribution in [0, 0.1) is 10.2 Å². The SMILES string of the molecule is [O-][Cl+](O)(O)O.c1ccc2c(c1)ccc1c[s+]ccc12. The van der Waals surface area contributed by atoms with Gasteiger partial charge in [0.2, 0.25) is 16.7 Å². The third-order valence-electron chi connectivity index (χ3n) is 2.51. The van der Waals surface area contributed by atoms with Crippen LogP contribution in [-0.4, -0.2) is 14.0 Å². The van der Waals surface area contributed by atoms with Crippen LogP contribution in [0.15, 0.2) is 53.2 Å². The van der Waals surface area contributed by atoms with E-state index in [0.29, 0.717) is 0 Å². The summed E-state index contributed by atoms with van der Waals surface area (Å²) in [6, 6.07) is 15.1. The molecule has 3 N–H and O–H groups in total. The summed E-state index contributed by atoms with van der Waals surface area (Å²) >= 11 is 1.74. The van der Waals surface area contributed by atoms with Gasteiger partial charge in [0.15, 0.2) is 5.38 Å². The summed E-state index contributed by atoms with van der Waals surface area (Å²) in [7, 11) is -4.19. The molecule has 0 fully saturated rings. The van der Waals surface area contributed by atoms with Crippen molar-refractivity contribution < 1.29 is 28.9 Å². The van der Waals surface area contributed by atoms with Gasteiger partial charge in [-0.1, -0.05) is 30.3 Å². The zero-order valence-corrected chi connectivity index (χ0v) is 11.3. The molecule has 100 valence electrons. The topological polar surface area (TPSA) is 83.8 Å². The van der Waals surface area contributed by atoms with Crippen LogP contribution in [0.4, 0.5) is 0 Å². The normalized spacial score (nSPS) is 12.0. The molecule has 0 aliphatic heterocycles. The molecule has 19 heavy (non-hydrogen) atoms. The minimum Gasteiger partial charge on any atom is -0.0616 e. The van der Waals surface area contributed by atoms with Crippen LogP contribution in [0.2, 0.25) is 0 Å². The first-order chi connectivity index (χ1) is 8.95. The van der Waals surface area contributed by atoms with Gasteiger partial charge in [0.05, 0.1) is 0 Å². The number of hydrogen-bond donors (Lipinski definition) is 3. The van der Waals surface area contributed by atoms with Gasteiger partial charge in [0.1, 0.15) is 0 Å². The van der Waals surface area contributed by atoms with E-state index in [1.54, 1.807) is 11.3 Å². The second-order valence-corrected chi connectivity index (χ2v) is 5.43. The molecule has 0 aliphatic rings. The molecule has 0 atom stereocenters. The van der Waals surface area contributed by atoms with E-state index >= 15 is 0 Å². The molecule has 0 spiro atoms. The van der Waals surface area contributed by atoms with Crippen molar-refractivity contribution >= 4 is 32.9 Å². The Morgan fingerprint density at radius 1 is 0.842 bits per heavy atom. The van der Waals surface area contributed by atoms with Crippen LogP contribution < -0.4 is 4.66 Å². The first-order valence-electron chi connectivity index (χ1n) is 5.28. The maximum Gasteiger partial charge on any atom is 0.212 e. The second kappa shape index (κ2) is 5.75. The molecule has 0 aliphatic carbocycles. The molecule has 3 aromatic rings. The fraction of sp³-hybridized carbons (Fsp3) is 0. The molecular formula is C13H12ClO4S+.